The largest absolute Gasteiger partial charge is 0.416 e. The average molecular weight is 458 g/mol. The van der Waals surface area contributed by atoms with Gasteiger partial charge < -0.3 is 10.4 Å². The lowest BCUT2D eigenvalue weighted by Gasteiger charge is -2.14. The summed E-state index contributed by atoms with van der Waals surface area (Å²) in [6, 6.07) is 10.3. The highest BCUT2D eigenvalue weighted by Gasteiger charge is 2.30. The molecule has 33 heavy (non-hydrogen) atoms. The van der Waals surface area contributed by atoms with Crippen molar-refractivity contribution in [3.05, 3.63) is 83.4 Å². The van der Waals surface area contributed by atoms with Crippen LogP contribution in [-0.4, -0.2) is 36.7 Å². The van der Waals surface area contributed by atoms with E-state index in [-0.39, 0.29) is 18.2 Å². The second kappa shape index (κ2) is 8.94. The highest BCUT2D eigenvalue weighted by atomic mass is 19.4. The summed E-state index contributed by atoms with van der Waals surface area (Å²) < 4.78 is 53.6. The highest BCUT2D eigenvalue weighted by molar-refractivity contribution is 5.61. The van der Waals surface area contributed by atoms with Crippen LogP contribution in [-0.2, 0) is 6.18 Å². The third-order valence-electron chi connectivity index (χ3n) is 4.83. The molecule has 0 saturated carbocycles. The molecule has 0 aliphatic carbocycles. The topological polar surface area (TPSA) is 88.8 Å². The van der Waals surface area contributed by atoms with Crippen LogP contribution in [0.2, 0.25) is 0 Å². The van der Waals surface area contributed by atoms with Crippen LogP contribution in [0.15, 0.2) is 60.9 Å². The summed E-state index contributed by atoms with van der Waals surface area (Å²) in [7, 11) is 0. The van der Waals surface area contributed by atoms with Gasteiger partial charge in [-0.15, -0.1) is 5.10 Å². The van der Waals surface area contributed by atoms with Gasteiger partial charge >= 0.3 is 6.18 Å². The highest BCUT2D eigenvalue weighted by Crippen LogP contribution is 2.31. The number of rotatable bonds is 6. The molecule has 0 aliphatic rings. The second-order valence-corrected chi connectivity index (χ2v) is 7.30. The van der Waals surface area contributed by atoms with Crippen molar-refractivity contribution >= 4 is 11.6 Å². The van der Waals surface area contributed by atoms with E-state index in [1.807, 2.05) is 0 Å². The molecule has 4 rings (SSSR count). The molecule has 1 unspecified atom stereocenters. The molecule has 0 amide bonds. The first kappa shape index (κ1) is 22.3. The van der Waals surface area contributed by atoms with Gasteiger partial charge in [0.1, 0.15) is 29.2 Å². The zero-order chi connectivity index (χ0) is 23.6. The van der Waals surface area contributed by atoms with E-state index < -0.39 is 23.6 Å². The van der Waals surface area contributed by atoms with Crippen molar-refractivity contribution in [2.75, 3.05) is 11.9 Å². The number of hydrogen-bond donors (Lipinski definition) is 2. The van der Waals surface area contributed by atoms with Gasteiger partial charge in [0.15, 0.2) is 0 Å². The molecule has 170 valence electrons. The zero-order valence-electron chi connectivity index (χ0n) is 17.3. The van der Waals surface area contributed by atoms with Crippen LogP contribution in [0, 0.1) is 12.7 Å². The Morgan fingerprint density at radius 3 is 2.48 bits per heavy atom. The number of benzene rings is 1. The van der Waals surface area contributed by atoms with Crippen LogP contribution >= 0.6 is 0 Å². The maximum Gasteiger partial charge on any atom is 0.416 e. The molecule has 2 N–H and O–H groups in total. The molecular formula is C22H18F4N6O. The van der Waals surface area contributed by atoms with Crippen molar-refractivity contribution in [2.45, 2.75) is 19.1 Å². The van der Waals surface area contributed by atoms with Crippen molar-refractivity contribution in [2.24, 2.45) is 0 Å². The number of anilines is 2. The van der Waals surface area contributed by atoms with E-state index in [4.69, 9.17) is 0 Å². The Hall–Kier alpha value is -3.86. The van der Waals surface area contributed by atoms with E-state index in [2.05, 4.69) is 25.6 Å². The quantitative estimate of drug-likeness (QED) is 0.413. The van der Waals surface area contributed by atoms with Crippen LogP contribution < -0.4 is 5.32 Å². The van der Waals surface area contributed by atoms with Gasteiger partial charge in [0, 0.05) is 6.20 Å². The third kappa shape index (κ3) is 5.14. The van der Waals surface area contributed by atoms with Gasteiger partial charge in [-0.05, 0) is 54.4 Å². The molecule has 0 aliphatic heterocycles. The molecule has 0 spiro atoms. The van der Waals surface area contributed by atoms with Crippen molar-refractivity contribution in [3.63, 3.8) is 0 Å². The smallest absolute Gasteiger partial charge is 0.394 e. The Kier molecular flexibility index (Phi) is 6.05. The second-order valence-electron chi connectivity index (χ2n) is 7.30. The van der Waals surface area contributed by atoms with Gasteiger partial charge in [0.25, 0.3) is 0 Å². The number of nitrogens with one attached hydrogen (secondary N) is 1. The van der Waals surface area contributed by atoms with E-state index in [1.54, 1.807) is 37.4 Å². The molecule has 0 radical (unpaired) electrons. The summed E-state index contributed by atoms with van der Waals surface area (Å²) in [5.74, 6) is -0.119. The molecule has 3 heterocycles. The van der Waals surface area contributed by atoms with Crippen molar-refractivity contribution in [1.82, 2.24) is 25.0 Å². The lowest BCUT2D eigenvalue weighted by molar-refractivity contribution is -0.137. The van der Waals surface area contributed by atoms with E-state index in [0.717, 1.165) is 23.9 Å². The standard InChI is InChI=1S/C22H18F4N6O/c1-13-8-17(28-21(9-13)29-20-10-15(6-7-27-20)22(24,25)26)18-11-32(31-30-18)19(12-33)14-2-4-16(23)5-3-14/h2-11,19,33H,12H2,1H3,(H,27,28,29). The summed E-state index contributed by atoms with van der Waals surface area (Å²) in [6.45, 7) is 1.51. The van der Waals surface area contributed by atoms with Crippen molar-refractivity contribution in [3.8, 4) is 11.4 Å². The van der Waals surface area contributed by atoms with Gasteiger partial charge in [-0.25, -0.2) is 19.0 Å². The van der Waals surface area contributed by atoms with Crippen LogP contribution in [0.25, 0.3) is 11.4 Å². The predicted octanol–water partition coefficient (Wildman–Crippen LogP) is 4.53. The number of aryl methyl sites for hydroxylation is 1. The van der Waals surface area contributed by atoms with Crippen LogP contribution in [0.1, 0.15) is 22.7 Å². The Morgan fingerprint density at radius 1 is 1.03 bits per heavy atom. The van der Waals surface area contributed by atoms with Gasteiger partial charge in [0.05, 0.1) is 24.1 Å². The number of aliphatic hydroxyl groups is 1. The molecule has 11 heteroatoms. The number of pyridine rings is 2. The Labute approximate surface area is 185 Å². The summed E-state index contributed by atoms with van der Waals surface area (Å²) in [6.07, 6.45) is -1.84. The van der Waals surface area contributed by atoms with Crippen LogP contribution in [0.5, 0.6) is 0 Å². The van der Waals surface area contributed by atoms with E-state index in [1.165, 1.54) is 16.8 Å². The summed E-state index contributed by atoms with van der Waals surface area (Å²) in [5, 5.41) is 20.8. The maximum atomic E-state index is 13.2. The fourth-order valence-electron chi connectivity index (χ4n) is 3.24. The Balaban J connectivity index is 1.61. The number of nitrogens with zero attached hydrogens (tertiary/aromatic N) is 5. The first-order valence-corrected chi connectivity index (χ1v) is 9.80. The number of hydrogen-bond acceptors (Lipinski definition) is 6. The van der Waals surface area contributed by atoms with Crippen LogP contribution in [0.3, 0.4) is 0 Å². The minimum atomic E-state index is -4.49. The summed E-state index contributed by atoms with van der Waals surface area (Å²) >= 11 is 0. The molecular weight excluding hydrogens is 440 g/mol. The minimum Gasteiger partial charge on any atom is -0.394 e. The van der Waals surface area contributed by atoms with Gasteiger partial charge in [-0.3, -0.25) is 0 Å². The molecule has 1 atom stereocenters. The molecule has 1 aromatic carbocycles. The number of aliphatic hydroxyl groups excluding tert-OH is 1. The summed E-state index contributed by atoms with van der Waals surface area (Å²) in [4.78, 5) is 8.33. The normalized spacial score (nSPS) is 12.5. The first-order valence-electron chi connectivity index (χ1n) is 9.80. The molecule has 3 aromatic heterocycles. The molecule has 0 fully saturated rings. The van der Waals surface area contributed by atoms with Crippen LogP contribution in [0.4, 0.5) is 29.2 Å². The Morgan fingerprint density at radius 2 is 1.79 bits per heavy atom. The molecule has 0 bridgehead atoms. The zero-order valence-corrected chi connectivity index (χ0v) is 17.3. The lowest BCUT2D eigenvalue weighted by Crippen LogP contribution is -2.15. The van der Waals surface area contributed by atoms with E-state index in [9.17, 15) is 22.7 Å². The van der Waals surface area contributed by atoms with Crippen molar-refractivity contribution < 1.29 is 22.7 Å². The third-order valence-corrected chi connectivity index (χ3v) is 4.83. The first-order chi connectivity index (χ1) is 15.7. The fourth-order valence-corrected chi connectivity index (χ4v) is 3.24. The predicted molar refractivity (Wildman–Crippen MR) is 112 cm³/mol. The lowest BCUT2D eigenvalue weighted by atomic mass is 10.1. The fraction of sp³-hybridized carbons (Fsp3) is 0.182. The van der Waals surface area contributed by atoms with Gasteiger partial charge in [0.2, 0.25) is 0 Å². The molecule has 4 aromatic rings. The number of alkyl halides is 3. The Bertz CT molecular complexity index is 1260. The average Bonchev–Trinajstić information content (AvgIpc) is 3.25. The van der Waals surface area contributed by atoms with Crippen molar-refractivity contribution in [1.29, 1.82) is 0 Å². The number of aromatic nitrogens is 5. The SMILES string of the molecule is Cc1cc(Nc2cc(C(F)(F)F)ccn2)nc(-c2cn(C(CO)c3ccc(F)cc3)nn2)c1. The van der Waals surface area contributed by atoms with E-state index in [0.29, 0.717) is 17.0 Å². The molecule has 7 nitrogen and oxygen atoms in total. The monoisotopic (exact) mass is 458 g/mol. The summed E-state index contributed by atoms with van der Waals surface area (Å²) in [5.41, 5.74) is 1.41. The number of halogens is 4. The van der Waals surface area contributed by atoms with Gasteiger partial charge in [-0.2, -0.15) is 13.2 Å². The van der Waals surface area contributed by atoms with Gasteiger partial charge in [-0.1, -0.05) is 17.3 Å². The molecule has 0 saturated heterocycles. The van der Waals surface area contributed by atoms with E-state index >= 15 is 0 Å². The maximum absolute atomic E-state index is 13.2. The minimum absolute atomic E-state index is 0.00539.